The number of carbonyl (C=O) groups is 1. The van der Waals surface area contributed by atoms with Gasteiger partial charge in [0.25, 0.3) is 5.91 Å². The lowest BCUT2D eigenvalue weighted by atomic mass is 9.87. The molecule has 6 nitrogen and oxygen atoms in total. The first kappa shape index (κ1) is 18.7. The highest BCUT2D eigenvalue weighted by Gasteiger charge is 2.21. The first-order valence-corrected chi connectivity index (χ1v) is 10.4. The molecule has 3 rings (SSSR count). The van der Waals surface area contributed by atoms with Crippen LogP contribution < -0.4 is 10.0 Å². The van der Waals surface area contributed by atoms with Gasteiger partial charge in [-0.15, -0.1) is 0 Å². The summed E-state index contributed by atoms with van der Waals surface area (Å²) in [6, 6.07) is 9.58. The average molecular weight is 376 g/mol. The topological polar surface area (TPSA) is 88.4 Å². The van der Waals surface area contributed by atoms with Gasteiger partial charge in [0, 0.05) is 11.6 Å². The van der Waals surface area contributed by atoms with Gasteiger partial charge in [0.15, 0.2) is 0 Å². The summed E-state index contributed by atoms with van der Waals surface area (Å²) in [5, 5.41) is 3.04. The number of rotatable bonds is 6. The van der Waals surface area contributed by atoms with Gasteiger partial charge in [-0.3, -0.25) is 4.79 Å². The normalized spacial score (nSPS) is 20.7. The summed E-state index contributed by atoms with van der Waals surface area (Å²) >= 11 is 0. The van der Waals surface area contributed by atoms with E-state index in [1.54, 1.807) is 24.3 Å². The van der Waals surface area contributed by atoms with Crippen LogP contribution in [0.4, 0.5) is 0 Å². The number of carbonyl (C=O) groups excluding carboxylic acids is 1. The number of benzene rings is 1. The molecule has 2 aromatic rings. The van der Waals surface area contributed by atoms with Crippen molar-refractivity contribution in [2.75, 3.05) is 0 Å². The third kappa shape index (κ3) is 4.74. The van der Waals surface area contributed by atoms with Crippen LogP contribution in [0.2, 0.25) is 0 Å². The molecule has 0 spiro atoms. The molecule has 7 heteroatoms. The highest BCUT2D eigenvalue weighted by molar-refractivity contribution is 7.89. The molecule has 0 bridgehead atoms. The fourth-order valence-corrected chi connectivity index (χ4v) is 4.11. The Morgan fingerprint density at radius 1 is 1.12 bits per heavy atom. The number of nitrogens with one attached hydrogen (secondary N) is 2. The van der Waals surface area contributed by atoms with Gasteiger partial charge in [0.05, 0.1) is 17.7 Å². The van der Waals surface area contributed by atoms with E-state index >= 15 is 0 Å². The van der Waals surface area contributed by atoms with Crippen LogP contribution in [0.5, 0.6) is 0 Å². The molecule has 0 saturated heterocycles. The Hall–Kier alpha value is -2.12. The molecule has 1 aromatic carbocycles. The zero-order valence-electron chi connectivity index (χ0n) is 14.8. The summed E-state index contributed by atoms with van der Waals surface area (Å²) < 4.78 is 32.2. The first-order valence-electron chi connectivity index (χ1n) is 8.87. The van der Waals surface area contributed by atoms with Gasteiger partial charge in [0.2, 0.25) is 10.0 Å². The van der Waals surface area contributed by atoms with Crippen molar-refractivity contribution in [2.24, 2.45) is 5.92 Å². The standard InChI is InChI=1S/C19H24N2O4S/c1-14-4-8-16(9-5-14)21-19(22)15-6-10-18(11-7-15)26(23,24)20-13-17-3-2-12-25-17/h2-3,6-7,10-12,14,16,20H,4-5,8-9,13H2,1H3,(H,21,22). The minimum atomic E-state index is -3.65. The molecule has 2 N–H and O–H groups in total. The van der Waals surface area contributed by atoms with E-state index in [0.717, 1.165) is 31.6 Å². The summed E-state index contributed by atoms with van der Waals surface area (Å²) in [7, 11) is -3.65. The van der Waals surface area contributed by atoms with E-state index in [-0.39, 0.29) is 23.4 Å². The Balaban J connectivity index is 1.59. The molecule has 1 fully saturated rings. The first-order chi connectivity index (χ1) is 12.4. The Morgan fingerprint density at radius 2 is 1.81 bits per heavy atom. The minimum Gasteiger partial charge on any atom is -0.468 e. The van der Waals surface area contributed by atoms with Gasteiger partial charge in [0.1, 0.15) is 5.76 Å². The number of sulfonamides is 1. The van der Waals surface area contributed by atoms with E-state index in [1.165, 1.54) is 18.4 Å². The van der Waals surface area contributed by atoms with E-state index < -0.39 is 10.0 Å². The van der Waals surface area contributed by atoms with Crippen molar-refractivity contribution < 1.29 is 17.6 Å². The van der Waals surface area contributed by atoms with Crippen molar-refractivity contribution in [1.29, 1.82) is 0 Å². The van der Waals surface area contributed by atoms with Crippen molar-refractivity contribution in [2.45, 2.75) is 50.1 Å². The van der Waals surface area contributed by atoms with Crippen LogP contribution in [0.3, 0.4) is 0 Å². The van der Waals surface area contributed by atoms with Gasteiger partial charge in [-0.05, 0) is 68.0 Å². The monoisotopic (exact) mass is 376 g/mol. The fraction of sp³-hybridized carbons (Fsp3) is 0.421. The molecule has 1 aliphatic carbocycles. The summed E-state index contributed by atoms with van der Waals surface area (Å²) in [6.07, 6.45) is 5.74. The van der Waals surface area contributed by atoms with Gasteiger partial charge >= 0.3 is 0 Å². The second kappa shape index (κ2) is 8.05. The summed E-state index contributed by atoms with van der Waals surface area (Å²) in [6.45, 7) is 2.31. The highest BCUT2D eigenvalue weighted by atomic mass is 32.2. The van der Waals surface area contributed by atoms with E-state index in [2.05, 4.69) is 17.0 Å². The molecule has 1 aliphatic rings. The van der Waals surface area contributed by atoms with Crippen molar-refractivity contribution in [3.8, 4) is 0 Å². The Kier molecular flexibility index (Phi) is 5.78. The van der Waals surface area contributed by atoms with Crippen LogP contribution >= 0.6 is 0 Å². The summed E-state index contributed by atoms with van der Waals surface area (Å²) in [5.41, 5.74) is 0.466. The maximum atomic E-state index is 12.3. The van der Waals surface area contributed by atoms with Crippen LogP contribution in [0.25, 0.3) is 0 Å². The van der Waals surface area contributed by atoms with E-state index in [1.807, 2.05) is 0 Å². The molecule has 0 unspecified atom stereocenters. The Labute approximate surface area is 154 Å². The van der Waals surface area contributed by atoms with Gasteiger partial charge < -0.3 is 9.73 Å². The molecule has 0 radical (unpaired) electrons. The minimum absolute atomic E-state index is 0.0810. The number of amides is 1. The lowest BCUT2D eigenvalue weighted by Gasteiger charge is -2.26. The van der Waals surface area contributed by atoms with Crippen molar-refractivity contribution in [3.63, 3.8) is 0 Å². The van der Waals surface area contributed by atoms with Gasteiger partial charge in [-0.2, -0.15) is 0 Å². The van der Waals surface area contributed by atoms with E-state index in [9.17, 15) is 13.2 Å². The SMILES string of the molecule is CC1CCC(NC(=O)c2ccc(S(=O)(=O)NCc3ccco3)cc2)CC1. The molecular weight excluding hydrogens is 352 g/mol. The molecule has 0 atom stereocenters. The second-order valence-electron chi connectivity index (χ2n) is 6.86. The number of furan rings is 1. The van der Waals surface area contributed by atoms with Crippen molar-refractivity contribution in [1.82, 2.24) is 10.0 Å². The number of hydrogen-bond acceptors (Lipinski definition) is 4. The average Bonchev–Trinajstić information content (AvgIpc) is 3.16. The molecular formula is C19H24N2O4S. The van der Waals surface area contributed by atoms with Crippen LogP contribution in [-0.2, 0) is 16.6 Å². The smallest absolute Gasteiger partial charge is 0.251 e. The lowest BCUT2D eigenvalue weighted by Crippen LogP contribution is -2.37. The molecule has 1 aromatic heterocycles. The third-order valence-corrected chi connectivity index (χ3v) is 6.21. The van der Waals surface area contributed by atoms with Crippen molar-refractivity contribution >= 4 is 15.9 Å². The second-order valence-corrected chi connectivity index (χ2v) is 8.63. The van der Waals surface area contributed by atoms with Crippen LogP contribution in [0, 0.1) is 5.92 Å². The summed E-state index contributed by atoms with van der Waals surface area (Å²) in [5.74, 6) is 1.10. The zero-order chi connectivity index (χ0) is 18.6. The predicted octanol–water partition coefficient (Wildman–Crippen LogP) is 3.07. The van der Waals surface area contributed by atoms with Gasteiger partial charge in [-0.1, -0.05) is 6.92 Å². The molecule has 26 heavy (non-hydrogen) atoms. The maximum absolute atomic E-state index is 12.3. The fourth-order valence-electron chi connectivity index (χ4n) is 3.12. The molecule has 1 amide bonds. The molecule has 1 saturated carbocycles. The highest BCUT2D eigenvalue weighted by Crippen LogP contribution is 2.23. The van der Waals surface area contributed by atoms with E-state index in [0.29, 0.717) is 11.3 Å². The predicted molar refractivity (Wildman–Crippen MR) is 98.1 cm³/mol. The maximum Gasteiger partial charge on any atom is 0.251 e. The largest absolute Gasteiger partial charge is 0.468 e. The number of hydrogen-bond donors (Lipinski definition) is 2. The Bertz CT molecular complexity index is 821. The quantitative estimate of drug-likeness (QED) is 0.811. The zero-order valence-corrected chi connectivity index (χ0v) is 15.6. The molecule has 140 valence electrons. The molecule has 0 aliphatic heterocycles. The van der Waals surface area contributed by atoms with E-state index in [4.69, 9.17) is 4.42 Å². The molecule has 1 heterocycles. The lowest BCUT2D eigenvalue weighted by molar-refractivity contribution is 0.0923. The van der Waals surface area contributed by atoms with Crippen molar-refractivity contribution in [3.05, 3.63) is 54.0 Å². The van der Waals surface area contributed by atoms with Crippen LogP contribution in [-0.4, -0.2) is 20.4 Å². The van der Waals surface area contributed by atoms with Gasteiger partial charge in [-0.25, -0.2) is 13.1 Å². The van der Waals surface area contributed by atoms with Crippen LogP contribution in [0.1, 0.15) is 48.7 Å². The summed E-state index contributed by atoms with van der Waals surface area (Å²) in [4.78, 5) is 12.5. The third-order valence-electron chi connectivity index (χ3n) is 4.79. The Morgan fingerprint density at radius 3 is 2.42 bits per heavy atom. The van der Waals surface area contributed by atoms with Crippen LogP contribution in [0.15, 0.2) is 52.0 Å².